The molecule has 0 unspecified atom stereocenters. The Morgan fingerprint density at radius 2 is 2.00 bits per heavy atom. The Morgan fingerprint density at radius 3 is 2.75 bits per heavy atom. The van der Waals surface area contributed by atoms with E-state index in [2.05, 4.69) is 31.4 Å². The molecule has 0 saturated carbocycles. The van der Waals surface area contributed by atoms with Gasteiger partial charge in [-0.2, -0.15) is 0 Å². The molecular formula is C13H18N2S. The van der Waals surface area contributed by atoms with Crippen molar-refractivity contribution >= 4 is 16.3 Å². The van der Waals surface area contributed by atoms with E-state index < -0.39 is 0 Å². The lowest BCUT2D eigenvalue weighted by Gasteiger charge is -2.14. The van der Waals surface area contributed by atoms with Crippen LogP contribution in [0.15, 0.2) is 6.20 Å². The lowest BCUT2D eigenvalue weighted by atomic mass is 9.93. The van der Waals surface area contributed by atoms with Crippen LogP contribution in [-0.4, -0.2) is 9.38 Å². The van der Waals surface area contributed by atoms with Gasteiger partial charge in [0.15, 0.2) is 4.96 Å². The quantitative estimate of drug-likeness (QED) is 0.681. The van der Waals surface area contributed by atoms with Crippen LogP contribution >= 0.6 is 11.3 Å². The Morgan fingerprint density at radius 1 is 1.25 bits per heavy atom. The first-order valence-corrected chi connectivity index (χ1v) is 6.87. The molecule has 1 aliphatic carbocycles. The van der Waals surface area contributed by atoms with Gasteiger partial charge in [0.1, 0.15) is 0 Å². The maximum atomic E-state index is 4.77. The van der Waals surface area contributed by atoms with E-state index in [1.807, 2.05) is 11.3 Å². The van der Waals surface area contributed by atoms with Crippen LogP contribution in [0.2, 0.25) is 0 Å². The van der Waals surface area contributed by atoms with Crippen molar-refractivity contribution in [2.75, 3.05) is 0 Å². The molecule has 0 spiro atoms. The summed E-state index contributed by atoms with van der Waals surface area (Å²) in [7, 11) is 0. The Bertz CT molecular complexity index is 528. The van der Waals surface area contributed by atoms with Crippen molar-refractivity contribution in [2.24, 2.45) is 0 Å². The summed E-state index contributed by atoms with van der Waals surface area (Å²) in [5, 5.41) is 0. The molecule has 0 N–H and O–H groups in total. The summed E-state index contributed by atoms with van der Waals surface area (Å²) in [6, 6.07) is 0. The van der Waals surface area contributed by atoms with E-state index in [4.69, 9.17) is 4.98 Å². The van der Waals surface area contributed by atoms with Gasteiger partial charge in [-0.15, -0.1) is 11.3 Å². The van der Waals surface area contributed by atoms with Gasteiger partial charge in [0, 0.05) is 22.2 Å². The van der Waals surface area contributed by atoms with Crippen LogP contribution in [0.25, 0.3) is 4.96 Å². The number of imidazole rings is 1. The smallest absolute Gasteiger partial charge is 0.194 e. The van der Waals surface area contributed by atoms with Crippen molar-refractivity contribution in [2.45, 2.75) is 51.9 Å². The molecule has 3 rings (SSSR count). The number of aryl methyl sites for hydroxylation is 2. The van der Waals surface area contributed by atoms with E-state index >= 15 is 0 Å². The minimum atomic E-state index is 0.160. The third-order valence-corrected chi connectivity index (χ3v) is 4.49. The fourth-order valence-electron chi connectivity index (χ4n) is 2.33. The van der Waals surface area contributed by atoms with Gasteiger partial charge in [0.05, 0.1) is 5.69 Å². The highest BCUT2D eigenvalue weighted by Gasteiger charge is 2.22. The number of fused-ring (bicyclic) bond motifs is 3. The zero-order valence-corrected chi connectivity index (χ0v) is 11.0. The number of aromatic nitrogens is 2. The van der Waals surface area contributed by atoms with E-state index in [-0.39, 0.29) is 5.41 Å². The second-order valence-corrected chi connectivity index (χ2v) is 6.77. The van der Waals surface area contributed by atoms with E-state index in [9.17, 15) is 0 Å². The molecule has 3 heteroatoms. The Labute approximate surface area is 100 Å². The molecule has 1 aliphatic rings. The third-order valence-electron chi connectivity index (χ3n) is 3.34. The second-order valence-electron chi connectivity index (χ2n) is 5.71. The van der Waals surface area contributed by atoms with Gasteiger partial charge in [-0.05, 0) is 25.7 Å². The van der Waals surface area contributed by atoms with Gasteiger partial charge < -0.3 is 0 Å². The summed E-state index contributed by atoms with van der Waals surface area (Å²) in [6.45, 7) is 6.68. The highest BCUT2D eigenvalue weighted by Crippen LogP contribution is 2.32. The van der Waals surface area contributed by atoms with Crippen molar-refractivity contribution in [3.63, 3.8) is 0 Å². The van der Waals surface area contributed by atoms with Crippen LogP contribution in [0.5, 0.6) is 0 Å². The first-order chi connectivity index (χ1) is 7.55. The Balaban J connectivity index is 2.17. The van der Waals surface area contributed by atoms with Crippen molar-refractivity contribution in [3.05, 3.63) is 22.5 Å². The molecule has 16 heavy (non-hydrogen) atoms. The predicted molar refractivity (Wildman–Crippen MR) is 68.4 cm³/mol. The van der Waals surface area contributed by atoms with E-state index in [0.717, 1.165) is 0 Å². The fraction of sp³-hybridized carbons (Fsp3) is 0.615. The van der Waals surface area contributed by atoms with Gasteiger partial charge in [0.25, 0.3) is 0 Å². The van der Waals surface area contributed by atoms with Crippen LogP contribution < -0.4 is 0 Å². The second kappa shape index (κ2) is 3.33. The van der Waals surface area contributed by atoms with E-state index in [0.29, 0.717) is 0 Å². The van der Waals surface area contributed by atoms with Crippen LogP contribution in [-0.2, 0) is 18.3 Å². The van der Waals surface area contributed by atoms with Gasteiger partial charge in [0.2, 0.25) is 0 Å². The zero-order valence-electron chi connectivity index (χ0n) is 10.2. The monoisotopic (exact) mass is 234 g/mol. The molecule has 0 aromatic carbocycles. The Kier molecular flexibility index (Phi) is 2.15. The molecular weight excluding hydrogens is 216 g/mol. The maximum Gasteiger partial charge on any atom is 0.194 e. The summed E-state index contributed by atoms with van der Waals surface area (Å²) >= 11 is 1.89. The molecule has 2 aromatic rings. The number of nitrogens with zero attached hydrogens (tertiary/aromatic N) is 2. The summed E-state index contributed by atoms with van der Waals surface area (Å²) in [5.41, 5.74) is 2.90. The molecule has 0 saturated heterocycles. The average Bonchev–Trinajstić information content (AvgIpc) is 2.72. The van der Waals surface area contributed by atoms with Crippen molar-refractivity contribution in [1.29, 1.82) is 0 Å². The molecule has 0 radical (unpaired) electrons. The summed E-state index contributed by atoms with van der Waals surface area (Å²) < 4.78 is 2.33. The van der Waals surface area contributed by atoms with Crippen LogP contribution in [0.3, 0.4) is 0 Å². The average molecular weight is 234 g/mol. The van der Waals surface area contributed by atoms with Crippen molar-refractivity contribution < 1.29 is 0 Å². The third kappa shape index (κ3) is 1.49. The van der Waals surface area contributed by atoms with Gasteiger partial charge >= 0.3 is 0 Å². The van der Waals surface area contributed by atoms with Crippen LogP contribution in [0, 0.1) is 0 Å². The normalized spacial score (nSPS) is 16.7. The standard InChI is InChI=1S/C13H18N2S/c1-13(2,3)11-8-15-9-6-4-5-7-10(9)16-12(15)14-11/h8H,4-7H2,1-3H3. The molecule has 2 heterocycles. The number of hydrogen-bond acceptors (Lipinski definition) is 2. The van der Waals surface area contributed by atoms with E-state index in [1.165, 1.54) is 42.0 Å². The highest BCUT2D eigenvalue weighted by atomic mass is 32.1. The molecule has 0 fully saturated rings. The lowest BCUT2D eigenvalue weighted by molar-refractivity contribution is 0.572. The first-order valence-electron chi connectivity index (χ1n) is 6.06. The fourth-order valence-corrected chi connectivity index (χ4v) is 3.52. The largest absolute Gasteiger partial charge is 0.294 e. The molecule has 2 aromatic heterocycles. The topological polar surface area (TPSA) is 17.3 Å². The first kappa shape index (κ1) is 10.3. The summed E-state index contributed by atoms with van der Waals surface area (Å²) in [5.74, 6) is 0. The summed E-state index contributed by atoms with van der Waals surface area (Å²) in [6.07, 6.45) is 7.42. The molecule has 0 atom stereocenters. The molecule has 0 amide bonds. The number of thiazole rings is 1. The van der Waals surface area contributed by atoms with Crippen LogP contribution in [0.1, 0.15) is 49.9 Å². The van der Waals surface area contributed by atoms with Crippen molar-refractivity contribution in [1.82, 2.24) is 9.38 Å². The van der Waals surface area contributed by atoms with Gasteiger partial charge in [-0.25, -0.2) is 4.98 Å². The zero-order chi connectivity index (χ0) is 11.3. The lowest BCUT2D eigenvalue weighted by Crippen LogP contribution is -2.11. The minimum Gasteiger partial charge on any atom is -0.294 e. The van der Waals surface area contributed by atoms with Gasteiger partial charge in [-0.3, -0.25) is 4.40 Å². The van der Waals surface area contributed by atoms with Gasteiger partial charge in [-0.1, -0.05) is 20.8 Å². The number of rotatable bonds is 0. The van der Waals surface area contributed by atoms with Crippen molar-refractivity contribution in [3.8, 4) is 0 Å². The number of hydrogen-bond donors (Lipinski definition) is 0. The maximum absolute atomic E-state index is 4.77. The Hall–Kier alpha value is -0.830. The van der Waals surface area contributed by atoms with Crippen LogP contribution in [0.4, 0.5) is 0 Å². The minimum absolute atomic E-state index is 0.160. The molecule has 0 aliphatic heterocycles. The van der Waals surface area contributed by atoms with E-state index in [1.54, 1.807) is 4.88 Å². The molecule has 2 nitrogen and oxygen atoms in total. The molecule has 86 valence electrons. The SMILES string of the molecule is CC(C)(C)c1cn2c3c(sc2n1)CCCC3. The predicted octanol–water partition coefficient (Wildman–Crippen LogP) is 3.57. The summed E-state index contributed by atoms with van der Waals surface area (Å²) in [4.78, 5) is 7.53. The molecule has 0 bridgehead atoms. The highest BCUT2D eigenvalue weighted by molar-refractivity contribution is 7.17.